The van der Waals surface area contributed by atoms with Gasteiger partial charge in [0.2, 0.25) is 0 Å². The topological polar surface area (TPSA) is 75.7 Å². The fourth-order valence-electron chi connectivity index (χ4n) is 3.93. The molecule has 1 heterocycles. The molecular weight excluding hydrogens is 388 g/mol. The quantitative estimate of drug-likeness (QED) is 0.833. The van der Waals surface area contributed by atoms with E-state index in [4.69, 9.17) is 4.74 Å². The predicted octanol–water partition coefficient (Wildman–Crippen LogP) is 3.32. The van der Waals surface area contributed by atoms with Crippen molar-refractivity contribution in [3.8, 4) is 5.75 Å². The zero-order chi connectivity index (χ0) is 20.6. The molecule has 4 rings (SSSR count). The molecule has 1 saturated carbocycles. The van der Waals surface area contributed by atoms with Crippen LogP contribution in [0.4, 0.5) is 5.69 Å². The fraction of sp³-hybridized carbons (Fsp3) is 0.409. The van der Waals surface area contributed by atoms with Gasteiger partial charge in [0.15, 0.2) is 6.10 Å². The van der Waals surface area contributed by atoms with Crippen LogP contribution < -0.4 is 14.4 Å². The van der Waals surface area contributed by atoms with E-state index < -0.39 is 16.1 Å². The SMILES string of the molecule is Cc1ccc(S(=O)(=O)N2C[C@H](C(=O)NC3CCCC3)Oc3ccc(C)cc32)cc1. The Kier molecular flexibility index (Phi) is 5.25. The Balaban J connectivity index is 1.68. The Bertz CT molecular complexity index is 1010. The molecule has 2 aromatic carbocycles. The van der Waals surface area contributed by atoms with Crippen molar-refractivity contribution in [2.45, 2.75) is 56.6 Å². The van der Waals surface area contributed by atoms with Gasteiger partial charge in [-0.3, -0.25) is 9.10 Å². The molecule has 1 amide bonds. The zero-order valence-corrected chi connectivity index (χ0v) is 17.5. The van der Waals surface area contributed by atoms with Crippen LogP contribution in [0.5, 0.6) is 5.75 Å². The molecule has 0 spiro atoms. The first-order valence-corrected chi connectivity index (χ1v) is 11.5. The molecule has 6 nitrogen and oxygen atoms in total. The normalized spacial score (nSPS) is 19.5. The molecule has 0 saturated heterocycles. The standard InChI is InChI=1S/C22H26N2O4S/c1-15-7-10-18(11-8-15)29(26,27)24-14-21(22(25)23-17-5-3-4-6-17)28-20-12-9-16(2)13-19(20)24/h7-13,17,21H,3-6,14H2,1-2H3,(H,23,25)/t21-/m1/s1. The first kappa shape index (κ1) is 19.8. The molecule has 1 aliphatic carbocycles. The molecule has 154 valence electrons. The summed E-state index contributed by atoms with van der Waals surface area (Å²) >= 11 is 0. The number of aryl methyl sites for hydroxylation is 2. The van der Waals surface area contributed by atoms with Crippen molar-refractivity contribution < 1.29 is 17.9 Å². The number of nitrogens with one attached hydrogen (secondary N) is 1. The third-order valence-electron chi connectivity index (χ3n) is 5.59. The Hall–Kier alpha value is -2.54. The summed E-state index contributed by atoms with van der Waals surface area (Å²) in [5, 5.41) is 3.02. The molecule has 7 heteroatoms. The second-order valence-corrected chi connectivity index (χ2v) is 9.78. The minimum Gasteiger partial charge on any atom is -0.476 e. The molecule has 1 N–H and O–H groups in total. The second kappa shape index (κ2) is 7.71. The molecule has 29 heavy (non-hydrogen) atoms. The van der Waals surface area contributed by atoms with E-state index in [0.29, 0.717) is 11.4 Å². The van der Waals surface area contributed by atoms with Gasteiger partial charge in [0.05, 0.1) is 17.1 Å². The minimum atomic E-state index is -3.83. The predicted molar refractivity (Wildman–Crippen MR) is 112 cm³/mol. The van der Waals surface area contributed by atoms with Gasteiger partial charge in [-0.15, -0.1) is 0 Å². The number of sulfonamides is 1. The molecule has 0 aromatic heterocycles. The van der Waals surface area contributed by atoms with Gasteiger partial charge in [0, 0.05) is 6.04 Å². The van der Waals surface area contributed by atoms with Crippen molar-refractivity contribution in [2.24, 2.45) is 0 Å². The largest absolute Gasteiger partial charge is 0.476 e. The summed E-state index contributed by atoms with van der Waals surface area (Å²) < 4.78 is 34.1. The van der Waals surface area contributed by atoms with Crippen LogP contribution in [0.15, 0.2) is 47.4 Å². The number of benzene rings is 2. The van der Waals surface area contributed by atoms with Crippen molar-refractivity contribution in [3.05, 3.63) is 53.6 Å². The molecule has 0 unspecified atom stereocenters. The molecule has 1 fully saturated rings. The smallest absolute Gasteiger partial charge is 0.264 e. The number of rotatable bonds is 4. The van der Waals surface area contributed by atoms with Crippen LogP contribution in [0.2, 0.25) is 0 Å². The summed E-state index contributed by atoms with van der Waals surface area (Å²) in [6, 6.07) is 12.3. The first-order chi connectivity index (χ1) is 13.8. The number of amides is 1. The summed E-state index contributed by atoms with van der Waals surface area (Å²) in [5.74, 6) is 0.149. The van der Waals surface area contributed by atoms with E-state index in [0.717, 1.165) is 36.8 Å². The highest BCUT2D eigenvalue weighted by Gasteiger charge is 2.38. The minimum absolute atomic E-state index is 0.0504. The Labute approximate surface area is 171 Å². The van der Waals surface area contributed by atoms with Crippen molar-refractivity contribution in [3.63, 3.8) is 0 Å². The van der Waals surface area contributed by atoms with Gasteiger partial charge in [-0.2, -0.15) is 0 Å². The van der Waals surface area contributed by atoms with E-state index in [2.05, 4.69) is 5.32 Å². The molecule has 1 aliphatic heterocycles. The number of nitrogens with zero attached hydrogens (tertiary/aromatic N) is 1. The van der Waals surface area contributed by atoms with Gasteiger partial charge >= 0.3 is 0 Å². The lowest BCUT2D eigenvalue weighted by molar-refractivity contribution is -0.128. The van der Waals surface area contributed by atoms with Crippen LogP contribution in [0.25, 0.3) is 0 Å². The maximum absolute atomic E-state index is 13.4. The van der Waals surface area contributed by atoms with Gasteiger partial charge in [-0.1, -0.05) is 36.6 Å². The van der Waals surface area contributed by atoms with E-state index >= 15 is 0 Å². The Morgan fingerprint density at radius 1 is 1.03 bits per heavy atom. The van der Waals surface area contributed by atoms with Gasteiger partial charge < -0.3 is 10.1 Å². The maximum Gasteiger partial charge on any atom is 0.264 e. The van der Waals surface area contributed by atoms with E-state index in [1.165, 1.54) is 4.31 Å². The number of carbonyl (C=O) groups is 1. The third-order valence-corrected chi connectivity index (χ3v) is 7.38. The number of anilines is 1. The van der Waals surface area contributed by atoms with Crippen LogP contribution in [-0.2, 0) is 14.8 Å². The first-order valence-electron chi connectivity index (χ1n) is 10.0. The van der Waals surface area contributed by atoms with Crippen molar-refractivity contribution >= 4 is 21.6 Å². The van der Waals surface area contributed by atoms with E-state index in [1.54, 1.807) is 36.4 Å². The van der Waals surface area contributed by atoms with Crippen molar-refractivity contribution in [1.29, 1.82) is 0 Å². The highest BCUT2D eigenvalue weighted by molar-refractivity contribution is 7.92. The number of hydrogen-bond acceptors (Lipinski definition) is 4. The molecule has 2 aliphatic rings. The molecule has 2 aromatic rings. The van der Waals surface area contributed by atoms with E-state index in [1.807, 2.05) is 19.9 Å². The lowest BCUT2D eigenvalue weighted by atomic mass is 10.1. The molecule has 0 radical (unpaired) electrons. The van der Waals surface area contributed by atoms with Crippen molar-refractivity contribution in [1.82, 2.24) is 5.32 Å². The lowest BCUT2D eigenvalue weighted by Gasteiger charge is -2.35. The van der Waals surface area contributed by atoms with Gasteiger partial charge in [0.1, 0.15) is 5.75 Å². The monoisotopic (exact) mass is 414 g/mol. The van der Waals surface area contributed by atoms with Gasteiger partial charge in [-0.25, -0.2) is 8.42 Å². The summed E-state index contributed by atoms with van der Waals surface area (Å²) in [6.45, 7) is 3.76. The summed E-state index contributed by atoms with van der Waals surface area (Å²) in [5.41, 5.74) is 2.37. The van der Waals surface area contributed by atoms with Crippen LogP contribution >= 0.6 is 0 Å². The third kappa shape index (κ3) is 3.96. The Morgan fingerprint density at radius 2 is 1.69 bits per heavy atom. The van der Waals surface area contributed by atoms with Crippen LogP contribution in [-0.4, -0.2) is 33.0 Å². The molecule has 1 atom stereocenters. The number of carbonyl (C=O) groups excluding carboxylic acids is 1. The maximum atomic E-state index is 13.4. The van der Waals surface area contributed by atoms with Crippen LogP contribution in [0.3, 0.4) is 0 Å². The second-order valence-electron chi connectivity index (χ2n) is 7.92. The lowest BCUT2D eigenvalue weighted by Crippen LogP contribution is -2.52. The van der Waals surface area contributed by atoms with E-state index in [-0.39, 0.29) is 23.4 Å². The number of hydrogen-bond donors (Lipinski definition) is 1. The average molecular weight is 415 g/mol. The van der Waals surface area contributed by atoms with Gasteiger partial charge in [0.25, 0.3) is 15.9 Å². The fourth-order valence-corrected chi connectivity index (χ4v) is 5.40. The Morgan fingerprint density at radius 3 is 2.38 bits per heavy atom. The average Bonchev–Trinajstić information content (AvgIpc) is 3.20. The van der Waals surface area contributed by atoms with Crippen LogP contribution in [0, 0.1) is 13.8 Å². The number of ether oxygens (including phenoxy) is 1. The van der Waals surface area contributed by atoms with Gasteiger partial charge in [-0.05, 0) is 56.5 Å². The summed E-state index contributed by atoms with van der Waals surface area (Å²) in [7, 11) is -3.83. The highest BCUT2D eigenvalue weighted by Crippen LogP contribution is 2.38. The number of fused-ring (bicyclic) bond motifs is 1. The van der Waals surface area contributed by atoms with Crippen molar-refractivity contribution in [2.75, 3.05) is 10.8 Å². The van der Waals surface area contributed by atoms with Crippen LogP contribution in [0.1, 0.15) is 36.8 Å². The molecule has 0 bridgehead atoms. The molecular formula is C22H26N2O4S. The van der Waals surface area contributed by atoms with E-state index in [9.17, 15) is 13.2 Å². The summed E-state index contributed by atoms with van der Waals surface area (Å²) in [4.78, 5) is 13.0. The highest BCUT2D eigenvalue weighted by atomic mass is 32.2. The summed E-state index contributed by atoms with van der Waals surface area (Å²) in [6.07, 6.45) is 3.24. The zero-order valence-electron chi connectivity index (χ0n) is 16.7.